The van der Waals surface area contributed by atoms with Gasteiger partial charge < -0.3 is 5.32 Å². The SMILES string of the molecule is CCC1(C(=O)N(C)OC)CCCNC1. The topological polar surface area (TPSA) is 41.6 Å². The number of amides is 1. The third-order valence-electron chi connectivity index (χ3n) is 3.16. The standard InChI is InChI=1S/C10H20N2O2/c1-4-10(6-5-7-11-8-10)9(13)12(2)14-3/h11H,4-8H2,1-3H3. The van der Waals surface area contributed by atoms with Gasteiger partial charge in [-0.2, -0.15) is 0 Å². The first-order valence-electron chi connectivity index (χ1n) is 5.19. The van der Waals surface area contributed by atoms with Crippen molar-refractivity contribution in [2.75, 3.05) is 27.2 Å². The van der Waals surface area contributed by atoms with Crippen LogP contribution in [-0.2, 0) is 9.63 Å². The molecule has 1 aliphatic heterocycles. The minimum Gasteiger partial charge on any atom is -0.316 e. The van der Waals surface area contributed by atoms with Crippen LogP contribution in [0.15, 0.2) is 0 Å². The van der Waals surface area contributed by atoms with E-state index in [9.17, 15) is 4.79 Å². The summed E-state index contributed by atoms with van der Waals surface area (Å²) in [6.45, 7) is 3.86. The van der Waals surface area contributed by atoms with E-state index in [0.29, 0.717) is 0 Å². The number of nitrogens with zero attached hydrogens (tertiary/aromatic N) is 1. The third kappa shape index (κ3) is 2.07. The fourth-order valence-corrected chi connectivity index (χ4v) is 2.02. The molecule has 1 unspecified atom stereocenters. The van der Waals surface area contributed by atoms with Gasteiger partial charge in [-0.1, -0.05) is 6.92 Å². The van der Waals surface area contributed by atoms with Crippen molar-refractivity contribution in [1.82, 2.24) is 10.4 Å². The van der Waals surface area contributed by atoms with E-state index in [0.717, 1.165) is 32.4 Å². The van der Waals surface area contributed by atoms with Crippen LogP contribution in [0.5, 0.6) is 0 Å². The molecule has 0 bridgehead atoms. The van der Waals surface area contributed by atoms with Gasteiger partial charge in [-0.15, -0.1) is 0 Å². The van der Waals surface area contributed by atoms with Gasteiger partial charge in [-0.25, -0.2) is 5.06 Å². The number of hydroxylamine groups is 2. The number of carbonyl (C=O) groups excluding carboxylic acids is 1. The van der Waals surface area contributed by atoms with Crippen LogP contribution in [0.4, 0.5) is 0 Å². The Hall–Kier alpha value is -0.610. The Bertz CT molecular complexity index is 200. The second-order valence-corrected chi connectivity index (χ2v) is 3.90. The van der Waals surface area contributed by atoms with Gasteiger partial charge in [-0.3, -0.25) is 9.63 Å². The second kappa shape index (κ2) is 4.75. The van der Waals surface area contributed by atoms with E-state index in [-0.39, 0.29) is 11.3 Å². The first-order valence-corrected chi connectivity index (χ1v) is 5.19. The molecular formula is C10H20N2O2. The van der Waals surface area contributed by atoms with Gasteiger partial charge in [0.15, 0.2) is 0 Å². The van der Waals surface area contributed by atoms with Crippen LogP contribution in [0.25, 0.3) is 0 Å². The predicted octanol–water partition coefficient (Wildman–Crippen LogP) is 0.786. The van der Waals surface area contributed by atoms with Gasteiger partial charge >= 0.3 is 0 Å². The maximum Gasteiger partial charge on any atom is 0.253 e. The van der Waals surface area contributed by atoms with Gasteiger partial charge in [0.25, 0.3) is 5.91 Å². The zero-order chi connectivity index (χ0) is 10.6. The zero-order valence-corrected chi connectivity index (χ0v) is 9.30. The van der Waals surface area contributed by atoms with Crippen LogP contribution in [0.3, 0.4) is 0 Å². The van der Waals surface area contributed by atoms with E-state index in [4.69, 9.17) is 4.84 Å². The highest BCUT2D eigenvalue weighted by atomic mass is 16.7. The lowest BCUT2D eigenvalue weighted by Gasteiger charge is -2.37. The average molecular weight is 200 g/mol. The van der Waals surface area contributed by atoms with E-state index in [1.807, 2.05) is 0 Å². The molecule has 0 spiro atoms. The lowest BCUT2D eigenvalue weighted by molar-refractivity contribution is -0.181. The van der Waals surface area contributed by atoms with Crippen LogP contribution in [-0.4, -0.2) is 38.2 Å². The smallest absolute Gasteiger partial charge is 0.253 e. The largest absolute Gasteiger partial charge is 0.316 e. The summed E-state index contributed by atoms with van der Waals surface area (Å²) in [5.41, 5.74) is -0.247. The quantitative estimate of drug-likeness (QED) is 0.685. The Morgan fingerprint density at radius 3 is 2.79 bits per heavy atom. The van der Waals surface area contributed by atoms with Crippen LogP contribution in [0.2, 0.25) is 0 Å². The molecule has 0 saturated carbocycles. The maximum atomic E-state index is 12.0. The molecule has 1 N–H and O–H groups in total. The van der Waals surface area contributed by atoms with Gasteiger partial charge in [0.05, 0.1) is 12.5 Å². The first kappa shape index (κ1) is 11.5. The number of carbonyl (C=O) groups is 1. The highest BCUT2D eigenvalue weighted by Gasteiger charge is 2.39. The summed E-state index contributed by atoms with van der Waals surface area (Å²) in [6, 6.07) is 0. The lowest BCUT2D eigenvalue weighted by Crippen LogP contribution is -2.50. The Labute approximate surface area is 85.6 Å². The summed E-state index contributed by atoms with van der Waals surface area (Å²) in [5.74, 6) is 0.0923. The summed E-state index contributed by atoms with van der Waals surface area (Å²) in [5, 5.41) is 4.63. The Morgan fingerprint density at radius 1 is 1.64 bits per heavy atom. The molecule has 0 aliphatic carbocycles. The van der Waals surface area contributed by atoms with Gasteiger partial charge in [-0.05, 0) is 25.8 Å². The van der Waals surface area contributed by atoms with Crippen molar-refractivity contribution in [2.24, 2.45) is 5.41 Å². The summed E-state index contributed by atoms with van der Waals surface area (Å²) < 4.78 is 0. The van der Waals surface area contributed by atoms with E-state index in [1.54, 1.807) is 7.05 Å². The molecule has 82 valence electrons. The molecule has 1 amide bonds. The van der Waals surface area contributed by atoms with Crippen LogP contribution in [0, 0.1) is 5.41 Å². The molecule has 0 aromatic rings. The summed E-state index contributed by atoms with van der Waals surface area (Å²) in [4.78, 5) is 17.0. The van der Waals surface area contributed by atoms with Gasteiger partial charge in [0, 0.05) is 13.6 Å². The van der Waals surface area contributed by atoms with Crippen molar-refractivity contribution in [2.45, 2.75) is 26.2 Å². The number of nitrogens with one attached hydrogen (secondary N) is 1. The summed E-state index contributed by atoms with van der Waals surface area (Å²) in [7, 11) is 3.20. The molecule has 1 heterocycles. The van der Waals surface area contributed by atoms with E-state index in [2.05, 4.69) is 12.2 Å². The van der Waals surface area contributed by atoms with Crippen molar-refractivity contribution in [3.05, 3.63) is 0 Å². The molecule has 4 nitrogen and oxygen atoms in total. The number of hydrogen-bond acceptors (Lipinski definition) is 3. The zero-order valence-electron chi connectivity index (χ0n) is 9.30. The summed E-state index contributed by atoms with van der Waals surface area (Å²) in [6.07, 6.45) is 2.90. The van der Waals surface area contributed by atoms with E-state index >= 15 is 0 Å². The van der Waals surface area contributed by atoms with Crippen molar-refractivity contribution >= 4 is 5.91 Å². The van der Waals surface area contributed by atoms with Crippen LogP contribution in [0.1, 0.15) is 26.2 Å². The minimum absolute atomic E-state index is 0.0923. The molecule has 0 aromatic carbocycles. The fourth-order valence-electron chi connectivity index (χ4n) is 2.02. The van der Waals surface area contributed by atoms with Crippen LogP contribution >= 0.6 is 0 Å². The normalized spacial score (nSPS) is 27.4. The van der Waals surface area contributed by atoms with Gasteiger partial charge in [0.1, 0.15) is 0 Å². The number of hydrogen-bond donors (Lipinski definition) is 1. The maximum absolute atomic E-state index is 12.0. The number of rotatable bonds is 3. The fraction of sp³-hybridized carbons (Fsp3) is 0.900. The Kier molecular flexibility index (Phi) is 3.89. The molecule has 1 saturated heterocycles. The molecule has 4 heteroatoms. The average Bonchev–Trinajstić information content (AvgIpc) is 2.28. The highest BCUT2D eigenvalue weighted by Crippen LogP contribution is 2.31. The van der Waals surface area contributed by atoms with Crippen molar-refractivity contribution < 1.29 is 9.63 Å². The molecule has 1 aliphatic rings. The number of piperidine rings is 1. The second-order valence-electron chi connectivity index (χ2n) is 3.90. The molecule has 0 aromatic heterocycles. The molecule has 0 radical (unpaired) electrons. The molecule has 1 rings (SSSR count). The van der Waals surface area contributed by atoms with Crippen molar-refractivity contribution in [3.63, 3.8) is 0 Å². The first-order chi connectivity index (χ1) is 6.66. The molecular weight excluding hydrogens is 180 g/mol. The van der Waals surface area contributed by atoms with Crippen molar-refractivity contribution in [3.8, 4) is 0 Å². The third-order valence-corrected chi connectivity index (χ3v) is 3.16. The molecule has 1 atom stereocenters. The molecule has 1 fully saturated rings. The van der Waals surface area contributed by atoms with Crippen molar-refractivity contribution in [1.29, 1.82) is 0 Å². The van der Waals surface area contributed by atoms with E-state index in [1.165, 1.54) is 12.2 Å². The monoisotopic (exact) mass is 200 g/mol. The van der Waals surface area contributed by atoms with Crippen LogP contribution < -0.4 is 5.32 Å². The Morgan fingerprint density at radius 2 is 2.36 bits per heavy atom. The Balaban J connectivity index is 2.72. The predicted molar refractivity (Wildman–Crippen MR) is 54.6 cm³/mol. The van der Waals surface area contributed by atoms with E-state index < -0.39 is 0 Å². The summed E-state index contributed by atoms with van der Waals surface area (Å²) >= 11 is 0. The molecule has 14 heavy (non-hydrogen) atoms. The highest BCUT2D eigenvalue weighted by molar-refractivity contribution is 5.82. The lowest BCUT2D eigenvalue weighted by atomic mass is 9.77. The minimum atomic E-state index is -0.247. The van der Waals surface area contributed by atoms with Gasteiger partial charge in [0.2, 0.25) is 0 Å².